The van der Waals surface area contributed by atoms with Gasteiger partial charge in [0.05, 0.1) is 46.6 Å². The summed E-state index contributed by atoms with van der Waals surface area (Å²) in [6.45, 7) is 3.28. The van der Waals surface area contributed by atoms with Crippen molar-refractivity contribution in [1.29, 1.82) is 0 Å². The molecule has 3 N–H and O–H groups in total. The van der Waals surface area contributed by atoms with Gasteiger partial charge in [-0.3, -0.25) is 4.98 Å². The molecule has 0 saturated carbocycles. The largest absolute Gasteiger partial charge is 0.465 e. The van der Waals surface area contributed by atoms with E-state index in [-0.39, 0.29) is 23.2 Å². The molecule has 1 aliphatic rings. The average molecular weight is 479 g/mol. The first kappa shape index (κ1) is 22.5. The number of rotatable bonds is 5. The number of hydrogen-bond donors (Lipinski definition) is 3. The quantitative estimate of drug-likeness (QED) is 0.392. The summed E-state index contributed by atoms with van der Waals surface area (Å²) in [7, 11) is 0. The lowest BCUT2D eigenvalue weighted by Gasteiger charge is -2.38. The van der Waals surface area contributed by atoms with E-state index in [0.717, 1.165) is 18.7 Å². The predicted molar refractivity (Wildman–Crippen MR) is 127 cm³/mol. The highest BCUT2D eigenvalue weighted by Gasteiger charge is 2.29. The van der Waals surface area contributed by atoms with Crippen LogP contribution in [0.25, 0.3) is 16.8 Å². The van der Waals surface area contributed by atoms with Crippen molar-refractivity contribution in [2.45, 2.75) is 19.4 Å². The molecule has 0 radical (unpaired) electrons. The number of hydrogen-bond acceptors (Lipinski definition) is 6. The van der Waals surface area contributed by atoms with Crippen LogP contribution in [0.4, 0.5) is 30.9 Å². The number of piperidine rings is 1. The third-order valence-electron chi connectivity index (χ3n) is 6.26. The Balaban J connectivity index is 1.47. The SMILES string of the molecule is C[C@H]1CCN(c2ccncc2Nc2ncc3ccc(-c4c(F)cccc4F)nn23)C[C@H]1NC(=O)O. The fourth-order valence-corrected chi connectivity index (χ4v) is 4.36. The number of halogens is 2. The second kappa shape index (κ2) is 9.16. The van der Waals surface area contributed by atoms with Crippen LogP contribution >= 0.6 is 0 Å². The van der Waals surface area contributed by atoms with Gasteiger partial charge in [0.15, 0.2) is 0 Å². The van der Waals surface area contributed by atoms with Gasteiger partial charge in [0, 0.05) is 19.3 Å². The Kier molecular flexibility index (Phi) is 5.89. The molecule has 0 spiro atoms. The Bertz CT molecular complexity index is 1370. The highest BCUT2D eigenvalue weighted by molar-refractivity contribution is 5.74. The number of pyridine rings is 1. The molecule has 4 aromatic rings. The Morgan fingerprint density at radius 3 is 2.71 bits per heavy atom. The summed E-state index contributed by atoms with van der Waals surface area (Å²) in [4.78, 5) is 21.9. The molecule has 35 heavy (non-hydrogen) atoms. The molecule has 3 aromatic heterocycles. The molecular formula is C24H23F2N7O2. The standard InChI is InChI=1S/C24H23F2N7O2/c1-14-8-10-32(13-20(14)30-24(34)35)21-7-9-27-12-19(21)29-23-28-11-15-5-6-18(31-33(15)23)22-16(25)3-2-4-17(22)26/h2-7,9,11-12,14,20,30H,8,10,13H2,1H3,(H,28,29)(H,34,35)/t14-,20+/m0/s1. The minimum atomic E-state index is -1.05. The zero-order valence-corrected chi connectivity index (χ0v) is 18.8. The molecule has 1 aliphatic heterocycles. The molecule has 0 bridgehead atoms. The molecule has 0 aliphatic carbocycles. The van der Waals surface area contributed by atoms with Crippen molar-refractivity contribution >= 4 is 28.9 Å². The summed E-state index contributed by atoms with van der Waals surface area (Å²) in [5.41, 5.74) is 2.03. The first-order valence-electron chi connectivity index (χ1n) is 11.2. The van der Waals surface area contributed by atoms with E-state index in [4.69, 9.17) is 0 Å². The van der Waals surface area contributed by atoms with Gasteiger partial charge >= 0.3 is 6.09 Å². The monoisotopic (exact) mass is 479 g/mol. The molecule has 1 amide bonds. The van der Waals surface area contributed by atoms with Crippen molar-refractivity contribution in [1.82, 2.24) is 24.9 Å². The maximum Gasteiger partial charge on any atom is 0.404 e. The smallest absolute Gasteiger partial charge is 0.404 e. The Labute approximate surface area is 199 Å². The molecule has 2 atom stereocenters. The maximum atomic E-state index is 14.3. The van der Waals surface area contributed by atoms with E-state index in [0.29, 0.717) is 23.7 Å². The van der Waals surface area contributed by atoms with Crippen LogP contribution in [0.2, 0.25) is 0 Å². The summed E-state index contributed by atoms with van der Waals surface area (Å²) >= 11 is 0. The zero-order valence-electron chi connectivity index (χ0n) is 18.8. The van der Waals surface area contributed by atoms with Gasteiger partial charge in [0.2, 0.25) is 5.95 Å². The van der Waals surface area contributed by atoms with Crippen LogP contribution in [0.5, 0.6) is 0 Å². The third-order valence-corrected chi connectivity index (χ3v) is 6.26. The van der Waals surface area contributed by atoms with E-state index < -0.39 is 17.7 Å². The lowest BCUT2D eigenvalue weighted by atomic mass is 9.93. The second-order valence-electron chi connectivity index (χ2n) is 8.52. The van der Waals surface area contributed by atoms with Crippen molar-refractivity contribution < 1.29 is 18.7 Å². The van der Waals surface area contributed by atoms with Crippen LogP contribution in [0.3, 0.4) is 0 Å². The summed E-state index contributed by atoms with van der Waals surface area (Å²) in [6.07, 6.45) is 4.68. The van der Waals surface area contributed by atoms with Crippen molar-refractivity contribution in [3.8, 4) is 11.3 Å². The van der Waals surface area contributed by atoms with Crippen molar-refractivity contribution in [2.24, 2.45) is 5.92 Å². The minimum absolute atomic E-state index is 0.133. The van der Waals surface area contributed by atoms with E-state index in [1.165, 1.54) is 22.7 Å². The van der Waals surface area contributed by atoms with Gasteiger partial charge < -0.3 is 20.6 Å². The summed E-state index contributed by atoms with van der Waals surface area (Å²) in [5, 5.41) is 19.4. The number of nitrogens with one attached hydrogen (secondary N) is 2. The molecule has 1 fully saturated rings. The number of nitrogens with zero attached hydrogens (tertiary/aromatic N) is 5. The van der Waals surface area contributed by atoms with E-state index in [1.54, 1.807) is 30.7 Å². The molecule has 1 aromatic carbocycles. The fourth-order valence-electron chi connectivity index (χ4n) is 4.36. The molecule has 0 unspecified atom stereocenters. The van der Waals surface area contributed by atoms with Gasteiger partial charge in [-0.1, -0.05) is 13.0 Å². The summed E-state index contributed by atoms with van der Waals surface area (Å²) in [5.74, 6) is -0.855. The van der Waals surface area contributed by atoms with Crippen molar-refractivity contribution in [2.75, 3.05) is 23.3 Å². The Morgan fingerprint density at radius 1 is 1.14 bits per heavy atom. The number of amides is 1. The molecule has 1 saturated heterocycles. The summed E-state index contributed by atoms with van der Waals surface area (Å²) < 4.78 is 30.1. The van der Waals surface area contributed by atoms with Crippen LogP contribution in [-0.4, -0.2) is 49.9 Å². The fraction of sp³-hybridized carbons (Fsp3) is 0.250. The van der Waals surface area contributed by atoms with Crippen LogP contribution in [-0.2, 0) is 0 Å². The highest BCUT2D eigenvalue weighted by Crippen LogP contribution is 2.32. The Morgan fingerprint density at radius 2 is 1.94 bits per heavy atom. The molecule has 11 heteroatoms. The number of carboxylic acid groups (broad SMARTS) is 1. The first-order chi connectivity index (χ1) is 16.9. The van der Waals surface area contributed by atoms with Gasteiger partial charge in [-0.2, -0.15) is 9.61 Å². The lowest BCUT2D eigenvalue weighted by molar-refractivity contribution is 0.182. The molecular weight excluding hydrogens is 456 g/mol. The number of aromatic nitrogens is 4. The Hall–Kier alpha value is -4.28. The highest BCUT2D eigenvalue weighted by atomic mass is 19.1. The molecule has 9 nitrogen and oxygen atoms in total. The zero-order chi connectivity index (χ0) is 24.5. The molecule has 5 rings (SSSR count). The number of benzene rings is 1. The van der Waals surface area contributed by atoms with Gasteiger partial charge in [-0.15, -0.1) is 0 Å². The van der Waals surface area contributed by atoms with E-state index in [9.17, 15) is 18.7 Å². The van der Waals surface area contributed by atoms with E-state index in [1.807, 2.05) is 13.0 Å². The number of imidazole rings is 1. The topological polar surface area (TPSA) is 108 Å². The summed E-state index contributed by atoms with van der Waals surface area (Å²) in [6, 6.07) is 8.54. The first-order valence-corrected chi connectivity index (χ1v) is 11.2. The van der Waals surface area contributed by atoms with Gasteiger partial charge in [-0.25, -0.2) is 18.6 Å². The van der Waals surface area contributed by atoms with Crippen LogP contribution in [0, 0.1) is 17.6 Å². The maximum absolute atomic E-state index is 14.3. The van der Waals surface area contributed by atoms with Gasteiger partial charge in [-0.05, 0) is 42.7 Å². The van der Waals surface area contributed by atoms with Crippen molar-refractivity contribution in [3.63, 3.8) is 0 Å². The van der Waals surface area contributed by atoms with Gasteiger partial charge in [0.25, 0.3) is 0 Å². The van der Waals surface area contributed by atoms with E-state index >= 15 is 0 Å². The number of anilines is 3. The third kappa shape index (κ3) is 4.44. The van der Waals surface area contributed by atoms with Crippen LogP contribution < -0.4 is 15.5 Å². The predicted octanol–water partition coefficient (Wildman–Crippen LogP) is 4.30. The van der Waals surface area contributed by atoms with Crippen LogP contribution in [0.1, 0.15) is 13.3 Å². The van der Waals surface area contributed by atoms with Crippen LogP contribution in [0.15, 0.2) is 55.0 Å². The lowest BCUT2D eigenvalue weighted by Crippen LogP contribution is -2.51. The number of fused-ring (bicyclic) bond motifs is 1. The average Bonchev–Trinajstić information content (AvgIpc) is 3.23. The van der Waals surface area contributed by atoms with Gasteiger partial charge in [0.1, 0.15) is 11.6 Å². The number of carbonyl (C=O) groups is 1. The van der Waals surface area contributed by atoms with E-state index in [2.05, 4.69) is 30.6 Å². The minimum Gasteiger partial charge on any atom is -0.465 e. The molecule has 4 heterocycles. The second-order valence-corrected chi connectivity index (χ2v) is 8.52. The molecule has 180 valence electrons. The normalized spacial score (nSPS) is 18.0. The van der Waals surface area contributed by atoms with Crippen molar-refractivity contribution in [3.05, 3.63) is 66.6 Å².